The molecule has 0 heterocycles. The summed E-state index contributed by atoms with van der Waals surface area (Å²) in [5, 5.41) is 10.4. The van der Waals surface area contributed by atoms with Crippen LogP contribution in [0.25, 0.3) is 0 Å². The summed E-state index contributed by atoms with van der Waals surface area (Å²) in [6, 6.07) is 12.4. The van der Waals surface area contributed by atoms with Crippen molar-refractivity contribution in [3.8, 4) is 11.5 Å². The molecule has 0 aliphatic rings. The van der Waals surface area contributed by atoms with Gasteiger partial charge in [-0.15, -0.1) is 0 Å². The minimum Gasteiger partial charge on any atom is -0.482 e. The SMILES string of the molecule is CCOC(=O)COc1ccc(C(CC)(CC)c2ccc(O[C@H](O)CC(C)(C)C)c(C)c2)cc1C. The van der Waals surface area contributed by atoms with Crippen LogP contribution in [0.15, 0.2) is 36.4 Å². The Morgan fingerprint density at radius 1 is 0.912 bits per heavy atom. The van der Waals surface area contributed by atoms with Crippen LogP contribution in [0.5, 0.6) is 11.5 Å². The third-order valence-corrected chi connectivity index (χ3v) is 6.36. The molecule has 0 saturated carbocycles. The minimum absolute atomic E-state index is 0.0170. The predicted octanol–water partition coefficient (Wildman–Crippen LogP) is 6.48. The lowest BCUT2D eigenvalue weighted by Gasteiger charge is -2.34. The van der Waals surface area contributed by atoms with Crippen LogP contribution >= 0.6 is 0 Å². The number of esters is 1. The number of hydrogen-bond donors (Lipinski definition) is 1. The van der Waals surface area contributed by atoms with Crippen molar-refractivity contribution in [3.63, 3.8) is 0 Å². The zero-order valence-corrected chi connectivity index (χ0v) is 22.2. The van der Waals surface area contributed by atoms with Crippen molar-refractivity contribution < 1.29 is 24.1 Å². The third-order valence-electron chi connectivity index (χ3n) is 6.36. The maximum Gasteiger partial charge on any atom is 0.344 e. The van der Waals surface area contributed by atoms with Gasteiger partial charge in [-0.3, -0.25) is 0 Å². The van der Waals surface area contributed by atoms with Gasteiger partial charge in [-0.1, -0.05) is 58.9 Å². The first kappa shape index (κ1) is 27.7. The van der Waals surface area contributed by atoms with Gasteiger partial charge >= 0.3 is 5.97 Å². The molecule has 0 aliphatic heterocycles. The summed E-state index contributed by atoms with van der Waals surface area (Å²) in [4.78, 5) is 11.7. The molecule has 188 valence electrons. The molecule has 0 fully saturated rings. The molecule has 0 radical (unpaired) electrons. The average molecular weight is 471 g/mol. The van der Waals surface area contributed by atoms with Gasteiger partial charge in [0.1, 0.15) is 11.5 Å². The van der Waals surface area contributed by atoms with E-state index >= 15 is 0 Å². The lowest BCUT2D eigenvalue weighted by molar-refractivity contribution is -0.145. The normalized spacial score (nSPS) is 12.9. The highest BCUT2D eigenvalue weighted by molar-refractivity contribution is 5.71. The van der Waals surface area contributed by atoms with E-state index in [1.807, 2.05) is 26.0 Å². The standard InChI is InChI=1S/C29H42O5/c1-9-29(10-2,22-12-14-24(20(4)16-22)33-19-27(31)32-11-3)23-13-15-25(21(5)17-23)34-26(30)18-28(6,7)8/h12-17,26,30H,9-11,18-19H2,1-8H3/t26-/m0/s1. The molecule has 2 rings (SSSR count). The third kappa shape index (κ3) is 6.99. The Hall–Kier alpha value is -2.53. The summed E-state index contributed by atoms with van der Waals surface area (Å²) in [6.45, 7) is 16.7. The van der Waals surface area contributed by atoms with E-state index in [2.05, 4.69) is 58.9 Å². The number of aryl methyl sites for hydroxylation is 2. The van der Waals surface area contributed by atoms with E-state index in [9.17, 15) is 9.90 Å². The molecule has 34 heavy (non-hydrogen) atoms. The van der Waals surface area contributed by atoms with Crippen molar-refractivity contribution in [2.75, 3.05) is 13.2 Å². The van der Waals surface area contributed by atoms with Gasteiger partial charge < -0.3 is 19.3 Å². The fourth-order valence-electron chi connectivity index (χ4n) is 4.47. The lowest BCUT2D eigenvalue weighted by Crippen LogP contribution is -2.27. The quantitative estimate of drug-likeness (QED) is 0.301. The van der Waals surface area contributed by atoms with Crippen LogP contribution in [-0.2, 0) is 14.9 Å². The first-order valence-electron chi connectivity index (χ1n) is 12.3. The van der Waals surface area contributed by atoms with Gasteiger partial charge in [0.2, 0.25) is 0 Å². The maximum atomic E-state index is 11.7. The molecule has 0 bridgehead atoms. The van der Waals surface area contributed by atoms with E-state index in [0.29, 0.717) is 24.5 Å². The van der Waals surface area contributed by atoms with Gasteiger partial charge in [-0.25, -0.2) is 4.79 Å². The fraction of sp³-hybridized carbons (Fsp3) is 0.552. The van der Waals surface area contributed by atoms with Crippen LogP contribution in [0.3, 0.4) is 0 Å². The summed E-state index contributed by atoms with van der Waals surface area (Å²) in [6.07, 6.45) is 1.58. The van der Waals surface area contributed by atoms with E-state index in [4.69, 9.17) is 14.2 Å². The van der Waals surface area contributed by atoms with Gasteiger partial charge in [0.25, 0.3) is 0 Å². The summed E-state index contributed by atoms with van der Waals surface area (Å²) in [5.74, 6) is 1.03. The molecule has 5 heteroatoms. The molecule has 0 aromatic heterocycles. The zero-order chi connectivity index (χ0) is 25.5. The van der Waals surface area contributed by atoms with Crippen molar-refractivity contribution in [3.05, 3.63) is 58.7 Å². The highest BCUT2D eigenvalue weighted by atomic mass is 16.6. The van der Waals surface area contributed by atoms with Crippen LogP contribution in [0.4, 0.5) is 0 Å². The van der Waals surface area contributed by atoms with E-state index in [0.717, 1.165) is 24.0 Å². The largest absolute Gasteiger partial charge is 0.482 e. The molecule has 0 amide bonds. The van der Waals surface area contributed by atoms with Crippen LogP contribution < -0.4 is 9.47 Å². The van der Waals surface area contributed by atoms with Crippen LogP contribution in [-0.4, -0.2) is 30.6 Å². The minimum atomic E-state index is -0.837. The number of aliphatic hydroxyl groups is 1. The number of ether oxygens (including phenoxy) is 3. The first-order chi connectivity index (χ1) is 16.0. The second kappa shape index (κ2) is 11.7. The van der Waals surface area contributed by atoms with Crippen LogP contribution in [0.1, 0.15) is 83.1 Å². The Morgan fingerprint density at radius 3 is 1.88 bits per heavy atom. The molecule has 2 aromatic carbocycles. The maximum absolute atomic E-state index is 11.7. The Bertz CT molecular complexity index is 953. The van der Waals surface area contributed by atoms with Crippen molar-refractivity contribution in [2.24, 2.45) is 5.41 Å². The molecular formula is C29H42O5. The number of benzene rings is 2. The van der Waals surface area contributed by atoms with E-state index in [-0.39, 0.29) is 23.4 Å². The predicted molar refractivity (Wildman–Crippen MR) is 137 cm³/mol. The smallest absolute Gasteiger partial charge is 0.344 e. The van der Waals surface area contributed by atoms with Crippen molar-refractivity contribution in [1.29, 1.82) is 0 Å². The molecule has 0 aliphatic carbocycles. The van der Waals surface area contributed by atoms with Crippen molar-refractivity contribution in [1.82, 2.24) is 0 Å². The fourth-order valence-corrected chi connectivity index (χ4v) is 4.47. The lowest BCUT2D eigenvalue weighted by atomic mass is 9.70. The molecule has 0 saturated heterocycles. The summed E-state index contributed by atoms with van der Waals surface area (Å²) < 4.78 is 16.5. The van der Waals surface area contributed by atoms with Gasteiger partial charge in [0.05, 0.1) is 6.61 Å². The number of carbonyl (C=O) groups is 1. The molecule has 1 N–H and O–H groups in total. The van der Waals surface area contributed by atoms with Crippen LogP contribution in [0.2, 0.25) is 0 Å². The summed E-state index contributed by atoms with van der Waals surface area (Å²) in [5.41, 5.74) is 4.22. The monoisotopic (exact) mass is 470 g/mol. The topological polar surface area (TPSA) is 65.0 Å². The molecule has 0 unspecified atom stereocenters. The van der Waals surface area contributed by atoms with E-state index < -0.39 is 6.29 Å². The molecule has 1 atom stereocenters. The van der Waals surface area contributed by atoms with Crippen molar-refractivity contribution in [2.45, 2.75) is 86.4 Å². The van der Waals surface area contributed by atoms with Gasteiger partial charge in [-0.2, -0.15) is 0 Å². The number of hydrogen-bond acceptors (Lipinski definition) is 5. The second-order valence-corrected chi connectivity index (χ2v) is 10.2. The number of aliphatic hydroxyl groups excluding tert-OH is 1. The Balaban J connectivity index is 2.31. The average Bonchev–Trinajstić information content (AvgIpc) is 2.75. The molecular weight excluding hydrogens is 428 g/mol. The summed E-state index contributed by atoms with van der Waals surface area (Å²) >= 11 is 0. The van der Waals surface area contributed by atoms with Gasteiger partial charge in [0.15, 0.2) is 12.9 Å². The highest BCUT2D eigenvalue weighted by Gasteiger charge is 2.32. The van der Waals surface area contributed by atoms with E-state index in [1.165, 1.54) is 11.1 Å². The van der Waals surface area contributed by atoms with E-state index in [1.54, 1.807) is 6.92 Å². The van der Waals surface area contributed by atoms with Crippen LogP contribution in [0, 0.1) is 19.3 Å². The highest BCUT2D eigenvalue weighted by Crippen LogP contribution is 2.41. The first-order valence-corrected chi connectivity index (χ1v) is 12.3. The van der Waals surface area contributed by atoms with Gasteiger partial charge in [-0.05, 0) is 73.4 Å². The van der Waals surface area contributed by atoms with Gasteiger partial charge in [0, 0.05) is 11.8 Å². The molecule has 0 spiro atoms. The summed E-state index contributed by atoms with van der Waals surface area (Å²) in [7, 11) is 0. The second-order valence-electron chi connectivity index (χ2n) is 10.2. The Labute approximate surface area is 205 Å². The Kier molecular flexibility index (Phi) is 9.57. The number of rotatable bonds is 11. The molecule has 2 aromatic rings. The van der Waals surface area contributed by atoms with Crippen molar-refractivity contribution >= 4 is 5.97 Å². The number of carbonyl (C=O) groups excluding carboxylic acids is 1. The molecule has 5 nitrogen and oxygen atoms in total. The zero-order valence-electron chi connectivity index (χ0n) is 22.2. The Morgan fingerprint density at radius 2 is 1.44 bits per heavy atom.